The topological polar surface area (TPSA) is 87.1 Å². The van der Waals surface area contributed by atoms with Crippen molar-refractivity contribution in [3.05, 3.63) is 5.01 Å². The van der Waals surface area contributed by atoms with E-state index in [9.17, 15) is 13.6 Å². The standard InChI is InChI=1S/C8H12F2N4O2S/c1-4(15)2-3-11-7(16)12-8-14-13-6(17-8)5(9)10/h4-5,15H,2-3H2,1H3,(H2,11,12,14,16). The average molecular weight is 266 g/mol. The lowest BCUT2D eigenvalue weighted by Crippen LogP contribution is -2.30. The van der Waals surface area contributed by atoms with Crippen LogP contribution < -0.4 is 10.6 Å². The molecule has 0 aliphatic carbocycles. The maximum Gasteiger partial charge on any atom is 0.321 e. The molecule has 1 atom stereocenters. The number of nitrogens with zero attached hydrogens (tertiary/aromatic N) is 2. The summed E-state index contributed by atoms with van der Waals surface area (Å²) in [6.07, 6.45) is -2.80. The predicted octanol–water partition coefficient (Wildman–Crippen LogP) is 1.37. The molecule has 1 unspecified atom stereocenters. The Morgan fingerprint density at radius 3 is 2.76 bits per heavy atom. The Morgan fingerprint density at radius 2 is 2.24 bits per heavy atom. The molecule has 17 heavy (non-hydrogen) atoms. The van der Waals surface area contributed by atoms with Gasteiger partial charge >= 0.3 is 6.03 Å². The molecular weight excluding hydrogens is 254 g/mol. The molecule has 0 spiro atoms. The molecule has 0 aliphatic heterocycles. The Kier molecular flexibility index (Phi) is 5.16. The molecule has 0 aromatic carbocycles. The van der Waals surface area contributed by atoms with Crippen molar-refractivity contribution in [3.8, 4) is 0 Å². The Balaban J connectivity index is 2.34. The molecule has 9 heteroatoms. The smallest absolute Gasteiger partial charge is 0.321 e. The summed E-state index contributed by atoms with van der Waals surface area (Å²) in [4.78, 5) is 11.2. The van der Waals surface area contributed by atoms with Crippen LogP contribution in [0.2, 0.25) is 0 Å². The van der Waals surface area contributed by atoms with Crippen LogP contribution in [-0.4, -0.2) is 34.0 Å². The molecule has 3 N–H and O–H groups in total. The fraction of sp³-hybridized carbons (Fsp3) is 0.625. The van der Waals surface area contributed by atoms with Crippen molar-refractivity contribution < 1.29 is 18.7 Å². The van der Waals surface area contributed by atoms with Crippen molar-refractivity contribution in [3.63, 3.8) is 0 Å². The number of amides is 2. The monoisotopic (exact) mass is 266 g/mol. The van der Waals surface area contributed by atoms with Crippen molar-refractivity contribution in [1.82, 2.24) is 15.5 Å². The van der Waals surface area contributed by atoms with Gasteiger partial charge in [-0.1, -0.05) is 11.3 Å². The number of halogens is 2. The zero-order valence-electron chi connectivity index (χ0n) is 8.98. The Hall–Kier alpha value is -1.35. The van der Waals surface area contributed by atoms with E-state index in [1.807, 2.05) is 0 Å². The van der Waals surface area contributed by atoms with E-state index in [0.717, 1.165) is 0 Å². The number of hydrogen-bond acceptors (Lipinski definition) is 5. The maximum atomic E-state index is 12.2. The van der Waals surface area contributed by atoms with Gasteiger partial charge in [0.05, 0.1) is 6.10 Å². The van der Waals surface area contributed by atoms with Crippen molar-refractivity contribution in [1.29, 1.82) is 0 Å². The summed E-state index contributed by atoms with van der Waals surface area (Å²) < 4.78 is 24.3. The van der Waals surface area contributed by atoms with E-state index in [1.165, 1.54) is 0 Å². The van der Waals surface area contributed by atoms with Crippen molar-refractivity contribution in [2.24, 2.45) is 0 Å². The van der Waals surface area contributed by atoms with E-state index < -0.39 is 23.6 Å². The second kappa shape index (κ2) is 6.40. The van der Waals surface area contributed by atoms with Crippen LogP contribution in [0.4, 0.5) is 18.7 Å². The molecule has 0 saturated carbocycles. The first-order valence-corrected chi connectivity index (χ1v) is 5.65. The number of alkyl halides is 2. The van der Waals surface area contributed by atoms with E-state index in [4.69, 9.17) is 5.11 Å². The summed E-state index contributed by atoms with van der Waals surface area (Å²) in [7, 11) is 0. The van der Waals surface area contributed by atoms with Crippen LogP contribution in [0.5, 0.6) is 0 Å². The van der Waals surface area contributed by atoms with E-state index in [1.54, 1.807) is 6.92 Å². The van der Waals surface area contributed by atoms with Gasteiger partial charge in [-0.2, -0.15) is 0 Å². The molecule has 0 radical (unpaired) electrons. The van der Waals surface area contributed by atoms with Gasteiger partial charge in [0.2, 0.25) is 5.13 Å². The number of hydrogen-bond donors (Lipinski definition) is 3. The molecule has 6 nitrogen and oxygen atoms in total. The first-order chi connectivity index (χ1) is 7.99. The lowest BCUT2D eigenvalue weighted by Gasteiger charge is -2.06. The highest BCUT2D eigenvalue weighted by molar-refractivity contribution is 7.15. The molecule has 0 bridgehead atoms. The van der Waals surface area contributed by atoms with E-state index >= 15 is 0 Å². The first kappa shape index (κ1) is 13.7. The lowest BCUT2D eigenvalue weighted by molar-refractivity contribution is 0.150. The average Bonchev–Trinajstić information content (AvgIpc) is 2.65. The normalized spacial score (nSPS) is 12.5. The minimum atomic E-state index is -2.69. The van der Waals surface area contributed by atoms with Crippen molar-refractivity contribution >= 4 is 22.5 Å². The molecule has 2 amide bonds. The summed E-state index contributed by atoms with van der Waals surface area (Å²) in [5.41, 5.74) is 0. The van der Waals surface area contributed by atoms with Gasteiger partial charge in [0.1, 0.15) is 0 Å². The molecule has 1 heterocycles. The summed E-state index contributed by atoms with van der Waals surface area (Å²) in [6, 6.07) is -0.567. The van der Waals surface area contributed by atoms with Gasteiger partial charge in [0, 0.05) is 6.54 Å². The van der Waals surface area contributed by atoms with Gasteiger partial charge in [0.25, 0.3) is 6.43 Å². The Labute approximate surface area is 100 Å². The molecule has 0 saturated heterocycles. The fourth-order valence-electron chi connectivity index (χ4n) is 0.909. The Morgan fingerprint density at radius 1 is 1.53 bits per heavy atom. The predicted molar refractivity (Wildman–Crippen MR) is 58.2 cm³/mol. The number of nitrogens with one attached hydrogen (secondary N) is 2. The van der Waals surface area contributed by atoms with Crippen LogP contribution >= 0.6 is 11.3 Å². The third kappa shape index (κ3) is 5.00. The largest absolute Gasteiger partial charge is 0.393 e. The van der Waals surface area contributed by atoms with Crippen LogP contribution in [0.3, 0.4) is 0 Å². The number of carbonyl (C=O) groups excluding carboxylic acids is 1. The summed E-state index contributed by atoms with van der Waals surface area (Å²) >= 11 is 0.616. The van der Waals surface area contributed by atoms with Crippen LogP contribution in [0, 0.1) is 0 Å². The van der Waals surface area contributed by atoms with E-state index in [0.29, 0.717) is 17.8 Å². The number of urea groups is 1. The first-order valence-electron chi connectivity index (χ1n) is 4.83. The number of rotatable bonds is 5. The van der Waals surface area contributed by atoms with Crippen LogP contribution in [0.15, 0.2) is 0 Å². The van der Waals surface area contributed by atoms with Gasteiger partial charge in [0.15, 0.2) is 5.01 Å². The summed E-state index contributed by atoms with van der Waals surface area (Å²) in [5, 5.41) is 19.8. The number of carbonyl (C=O) groups is 1. The molecule has 1 rings (SSSR count). The Bertz CT molecular complexity index is 372. The third-order valence-electron chi connectivity index (χ3n) is 1.70. The number of anilines is 1. The van der Waals surface area contributed by atoms with Crippen molar-refractivity contribution in [2.45, 2.75) is 25.9 Å². The third-order valence-corrected chi connectivity index (χ3v) is 2.54. The van der Waals surface area contributed by atoms with Gasteiger partial charge in [-0.25, -0.2) is 13.6 Å². The lowest BCUT2D eigenvalue weighted by atomic mass is 10.3. The molecular formula is C8H12F2N4O2S. The zero-order chi connectivity index (χ0) is 12.8. The van der Waals surface area contributed by atoms with Crippen LogP contribution in [-0.2, 0) is 0 Å². The molecule has 0 aliphatic rings. The highest BCUT2D eigenvalue weighted by Crippen LogP contribution is 2.24. The van der Waals surface area contributed by atoms with Crippen molar-refractivity contribution in [2.75, 3.05) is 11.9 Å². The maximum absolute atomic E-state index is 12.2. The minimum Gasteiger partial charge on any atom is -0.393 e. The SMILES string of the molecule is CC(O)CCNC(=O)Nc1nnc(C(F)F)s1. The number of aliphatic hydroxyl groups excluding tert-OH is 1. The van der Waals surface area contributed by atoms with Crippen LogP contribution in [0.1, 0.15) is 24.8 Å². The zero-order valence-corrected chi connectivity index (χ0v) is 9.80. The number of aromatic nitrogens is 2. The second-order valence-corrected chi connectivity index (χ2v) is 4.27. The highest BCUT2D eigenvalue weighted by atomic mass is 32.1. The van der Waals surface area contributed by atoms with E-state index in [-0.39, 0.29) is 11.7 Å². The fourth-order valence-corrected chi connectivity index (χ4v) is 1.50. The molecule has 1 aromatic heterocycles. The minimum absolute atomic E-state index is 0.00912. The van der Waals surface area contributed by atoms with Gasteiger partial charge in [-0.15, -0.1) is 10.2 Å². The van der Waals surface area contributed by atoms with Gasteiger partial charge < -0.3 is 10.4 Å². The van der Waals surface area contributed by atoms with Crippen LogP contribution in [0.25, 0.3) is 0 Å². The highest BCUT2D eigenvalue weighted by Gasteiger charge is 2.15. The second-order valence-electron chi connectivity index (χ2n) is 3.26. The summed E-state index contributed by atoms with van der Waals surface area (Å²) in [5.74, 6) is 0. The van der Waals surface area contributed by atoms with Gasteiger partial charge in [-0.3, -0.25) is 5.32 Å². The summed E-state index contributed by atoms with van der Waals surface area (Å²) in [6.45, 7) is 1.88. The van der Waals surface area contributed by atoms with Gasteiger partial charge in [-0.05, 0) is 13.3 Å². The molecule has 96 valence electrons. The molecule has 1 aromatic rings. The molecule has 0 fully saturated rings. The number of aliphatic hydroxyl groups is 1. The quantitative estimate of drug-likeness (QED) is 0.751. The van der Waals surface area contributed by atoms with E-state index in [2.05, 4.69) is 20.8 Å².